The summed E-state index contributed by atoms with van der Waals surface area (Å²) < 4.78 is 6.84. The Morgan fingerprint density at radius 3 is 2.61 bits per heavy atom. The summed E-state index contributed by atoms with van der Waals surface area (Å²) in [7, 11) is 0.117. The average molecular weight is 303 g/mol. The van der Waals surface area contributed by atoms with Gasteiger partial charge in [0, 0.05) is 6.04 Å². The molecular weight excluding hydrogens is 281 g/mol. The van der Waals surface area contributed by atoms with Crippen molar-refractivity contribution >= 4 is 12.5 Å². The van der Waals surface area contributed by atoms with Crippen LogP contribution in [0.5, 0.6) is 0 Å². The van der Waals surface area contributed by atoms with Crippen molar-refractivity contribution in [1.29, 1.82) is 0 Å². The molecule has 0 N–H and O–H groups in total. The number of hydrogen-bond acceptors (Lipinski definition) is 2. The van der Waals surface area contributed by atoms with E-state index in [-0.39, 0.29) is 12.7 Å². The van der Waals surface area contributed by atoms with Gasteiger partial charge in [0.1, 0.15) is 0 Å². The highest BCUT2D eigenvalue weighted by Gasteiger charge is 2.64. The van der Waals surface area contributed by atoms with E-state index < -0.39 is 0 Å². The van der Waals surface area contributed by atoms with Gasteiger partial charge < -0.3 is 9.47 Å². The number of hydrogen-bond donors (Lipinski definition) is 0. The van der Waals surface area contributed by atoms with Gasteiger partial charge in [-0.25, -0.2) is 0 Å². The second-order valence-electron chi connectivity index (χ2n) is 7.41. The minimum Gasteiger partial charge on any atom is -0.406 e. The highest BCUT2D eigenvalue weighted by atomic mass is 16.5. The van der Waals surface area contributed by atoms with Crippen LogP contribution in [-0.4, -0.2) is 24.4 Å². The molecule has 2 saturated heterocycles. The third-order valence-corrected chi connectivity index (χ3v) is 6.17. The van der Waals surface area contributed by atoms with Crippen LogP contribution >= 0.6 is 0 Å². The molecule has 3 fully saturated rings. The highest BCUT2D eigenvalue weighted by molar-refractivity contribution is 6.65. The Labute approximate surface area is 138 Å². The van der Waals surface area contributed by atoms with Crippen molar-refractivity contribution in [1.82, 2.24) is 4.81 Å². The normalized spacial score (nSPS) is 32.5. The van der Waals surface area contributed by atoms with Crippen molar-refractivity contribution in [2.45, 2.75) is 37.8 Å². The quantitative estimate of drug-likeness (QED) is 0.791. The average Bonchev–Trinajstić information content (AvgIpc) is 3.25. The first-order valence-electron chi connectivity index (χ1n) is 8.84. The Hall–Kier alpha value is -1.58. The van der Waals surface area contributed by atoms with Gasteiger partial charge >= 0.3 is 7.05 Å². The van der Waals surface area contributed by atoms with Gasteiger partial charge in [-0.05, 0) is 49.7 Å². The van der Waals surface area contributed by atoms with Gasteiger partial charge in [-0.3, -0.25) is 0 Å². The van der Waals surface area contributed by atoms with Crippen molar-refractivity contribution in [3.8, 4) is 0 Å². The van der Waals surface area contributed by atoms with Crippen LogP contribution in [0, 0.1) is 12.8 Å². The highest BCUT2D eigenvalue weighted by Crippen LogP contribution is 2.56. The molecule has 0 aromatic heterocycles. The molecule has 1 aliphatic carbocycles. The Balaban J connectivity index is 1.59. The maximum atomic E-state index is 6.84. The smallest absolute Gasteiger partial charge is 0.406 e. The Kier molecular flexibility index (Phi) is 2.98. The Morgan fingerprint density at radius 1 is 1.04 bits per heavy atom. The van der Waals surface area contributed by atoms with Crippen molar-refractivity contribution in [2.75, 3.05) is 6.54 Å². The van der Waals surface area contributed by atoms with E-state index in [9.17, 15) is 0 Å². The lowest BCUT2D eigenvalue weighted by atomic mass is 9.72. The van der Waals surface area contributed by atoms with Crippen LogP contribution in [0.25, 0.3) is 0 Å². The van der Waals surface area contributed by atoms with Crippen LogP contribution in [0.2, 0.25) is 0 Å². The lowest BCUT2D eigenvalue weighted by Crippen LogP contribution is -2.46. The summed E-state index contributed by atoms with van der Waals surface area (Å²) in [5.41, 5.74) is 3.89. The molecule has 2 aromatic rings. The van der Waals surface area contributed by atoms with E-state index in [1.54, 1.807) is 0 Å². The summed E-state index contributed by atoms with van der Waals surface area (Å²) in [6, 6.07) is 20.4. The minimum atomic E-state index is -0.0992. The second-order valence-corrected chi connectivity index (χ2v) is 7.41. The zero-order valence-electron chi connectivity index (χ0n) is 13.6. The van der Waals surface area contributed by atoms with E-state index in [0.29, 0.717) is 6.04 Å². The summed E-state index contributed by atoms with van der Waals surface area (Å²) >= 11 is 0. The maximum Gasteiger partial charge on any atom is 0.419 e. The molecule has 1 saturated carbocycles. The standard InChI is InChI=1S/C20H22BNO/c1-15-7-9-18(10-8-15)21-22-14-12-16-11-13-20(23-21,19(16)22)17-5-3-2-4-6-17/h2-10,16,19H,11-14H2,1H3/t16-,19+,20+/m0/s1. The first-order valence-corrected chi connectivity index (χ1v) is 8.84. The fourth-order valence-electron chi connectivity index (χ4n) is 5.13. The van der Waals surface area contributed by atoms with Gasteiger partial charge in [-0.2, -0.15) is 0 Å². The van der Waals surface area contributed by atoms with Crippen molar-refractivity contribution in [3.63, 3.8) is 0 Å². The van der Waals surface area contributed by atoms with Crippen LogP contribution in [-0.2, 0) is 10.3 Å². The molecule has 3 atom stereocenters. The molecule has 2 aliphatic heterocycles. The molecule has 2 nitrogen and oxygen atoms in total. The third-order valence-electron chi connectivity index (χ3n) is 6.17. The van der Waals surface area contributed by atoms with E-state index in [1.807, 2.05) is 0 Å². The fourth-order valence-corrected chi connectivity index (χ4v) is 5.13. The first-order chi connectivity index (χ1) is 11.3. The van der Waals surface area contributed by atoms with E-state index in [1.165, 1.54) is 36.0 Å². The lowest BCUT2D eigenvalue weighted by Gasteiger charge is -2.31. The first kappa shape index (κ1) is 13.8. The second kappa shape index (κ2) is 4.96. The monoisotopic (exact) mass is 303 g/mol. The lowest BCUT2D eigenvalue weighted by molar-refractivity contribution is 0.0767. The molecule has 0 amide bonds. The molecule has 3 aliphatic rings. The summed E-state index contributed by atoms with van der Waals surface area (Å²) in [4.78, 5) is 2.63. The predicted octanol–water partition coefficient (Wildman–Crippen LogP) is 3.10. The molecule has 2 aromatic carbocycles. The van der Waals surface area contributed by atoms with Gasteiger partial charge in [0.05, 0.1) is 5.60 Å². The van der Waals surface area contributed by atoms with Crippen LogP contribution in [0.1, 0.15) is 30.4 Å². The van der Waals surface area contributed by atoms with Crippen molar-refractivity contribution < 1.29 is 4.65 Å². The molecule has 2 heterocycles. The van der Waals surface area contributed by atoms with Crippen LogP contribution in [0.4, 0.5) is 0 Å². The Bertz CT molecular complexity index is 716. The molecule has 0 unspecified atom stereocenters. The largest absolute Gasteiger partial charge is 0.419 e. The van der Waals surface area contributed by atoms with Gasteiger partial charge in [-0.15, -0.1) is 0 Å². The number of aryl methyl sites for hydroxylation is 1. The Morgan fingerprint density at radius 2 is 1.83 bits per heavy atom. The van der Waals surface area contributed by atoms with Gasteiger partial charge in [0.15, 0.2) is 0 Å². The van der Waals surface area contributed by atoms with E-state index >= 15 is 0 Å². The van der Waals surface area contributed by atoms with Crippen LogP contribution in [0.15, 0.2) is 54.6 Å². The number of rotatable bonds is 2. The van der Waals surface area contributed by atoms with E-state index in [0.717, 1.165) is 12.3 Å². The molecule has 0 radical (unpaired) electrons. The van der Waals surface area contributed by atoms with Gasteiger partial charge in [0.25, 0.3) is 0 Å². The van der Waals surface area contributed by atoms with Crippen LogP contribution in [0.3, 0.4) is 0 Å². The molecule has 5 rings (SSSR count). The summed E-state index contributed by atoms with van der Waals surface area (Å²) in [6.45, 7) is 3.31. The molecule has 0 bridgehead atoms. The number of nitrogens with zero attached hydrogens (tertiary/aromatic N) is 1. The van der Waals surface area contributed by atoms with Gasteiger partial charge in [0.2, 0.25) is 0 Å². The minimum absolute atomic E-state index is 0.0992. The molecular formula is C20H22BNO. The van der Waals surface area contributed by atoms with Crippen LogP contribution < -0.4 is 5.46 Å². The van der Waals surface area contributed by atoms with Crippen molar-refractivity contribution in [2.24, 2.45) is 5.92 Å². The summed E-state index contributed by atoms with van der Waals surface area (Å²) in [6.07, 6.45) is 3.78. The third kappa shape index (κ3) is 1.90. The zero-order valence-corrected chi connectivity index (χ0v) is 13.6. The van der Waals surface area contributed by atoms with Crippen molar-refractivity contribution in [3.05, 3.63) is 65.7 Å². The van der Waals surface area contributed by atoms with E-state index in [4.69, 9.17) is 4.65 Å². The summed E-state index contributed by atoms with van der Waals surface area (Å²) in [5.74, 6) is 0.797. The predicted molar refractivity (Wildman–Crippen MR) is 93.6 cm³/mol. The topological polar surface area (TPSA) is 12.5 Å². The molecule has 0 spiro atoms. The summed E-state index contributed by atoms with van der Waals surface area (Å²) in [5, 5.41) is 0. The molecule has 116 valence electrons. The van der Waals surface area contributed by atoms with E-state index in [2.05, 4.69) is 66.3 Å². The SMILES string of the molecule is Cc1ccc(B2O[C@@]3(c4ccccc4)CC[C@H]4CCN2[C@H]43)cc1. The number of benzene rings is 2. The fraction of sp³-hybridized carbons (Fsp3) is 0.400. The molecule has 23 heavy (non-hydrogen) atoms. The zero-order chi connectivity index (χ0) is 15.4. The van der Waals surface area contributed by atoms with Gasteiger partial charge in [-0.1, -0.05) is 60.2 Å². The maximum absolute atomic E-state index is 6.84. The molecule has 3 heteroatoms.